The molecular formula is C9H19B3O4. The van der Waals surface area contributed by atoms with Crippen molar-refractivity contribution in [2.24, 2.45) is 5.41 Å². The van der Waals surface area contributed by atoms with Crippen LogP contribution in [0.2, 0.25) is 0 Å². The van der Waals surface area contributed by atoms with E-state index in [0.717, 1.165) is 39.3 Å². The molecule has 2 rings (SSSR count). The second kappa shape index (κ2) is 5.58. The van der Waals surface area contributed by atoms with Crippen LogP contribution in [0.25, 0.3) is 0 Å². The molecule has 7 heteroatoms. The summed E-state index contributed by atoms with van der Waals surface area (Å²) < 4.78 is 22.4. The molecule has 0 bridgehead atoms. The predicted octanol–water partition coefficient (Wildman–Crippen LogP) is 0.293. The van der Waals surface area contributed by atoms with Crippen LogP contribution in [0, 0.1) is 5.41 Å². The molecule has 4 nitrogen and oxygen atoms in total. The van der Waals surface area contributed by atoms with Crippen LogP contribution in [0.5, 0.6) is 0 Å². The molecule has 0 aromatic heterocycles. The van der Waals surface area contributed by atoms with Crippen molar-refractivity contribution in [3.05, 3.63) is 0 Å². The third-order valence-electron chi connectivity index (χ3n) is 3.02. The lowest BCUT2D eigenvalue weighted by molar-refractivity contribution is 0.147. The quantitative estimate of drug-likeness (QED) is 0.631. The Morgan fingerprint density at radius 3 is 2.31 bits per heavy atom. The SMILES string of the molecule is CC1(C)CCOB(BB2OCCCO2)OC1. The number of rotatable bonds is 2. The highest BCUT2D eigenvalue weighted by Gasteiger charge is 2.36. The first-order chi connectivity index (χ1) is 7.66. The maximum atomic E-state index is 5.74. The molecule has 2 saturated heterocycles. The van der Waals surface area contributed by atoms with E-state index in [-0.39, 0.29) is 19.4 Å². The Balaban J connectivity index is 1.76. The molecule has 0 unspecified atom stereocenters. The Kier molecular flexibility index (Phi) is 4.36. The Bertz CT molecular complexity index is 221. The molecule has 0 spiro atoms. The van der Waals surface area contributed by atoms with Gasteiger partial charge in [0, 0.05) is 26.4 Å². The summed E-state index contributed by atoms with van der Waals surface area (Å²) >= 11 is 0. The summed E-state index contributed by atoms with van der Waals surface area (Å²) in [5, 5.41) is 0. The molecule has 0 aromatic rings. The first-order valence-electron chi connectivity index (χ1n) is 6.12. The van der Waals surface area contributed by atoms with Crippen LogP contribution in [0.15, 0.2) is 0 Å². The lowest BCUT2D eigenvalue weighted by atomic mass is 9.23. The minimum atomic E-state index is -0.176. The van der Waals surface area contributed by atoms with Gasteiger partial charge in [0.2, 0.25) is 7.06 Å². The largest absolute Gasteiger partial charge is 0.418 e. The van der Waals surface area contributed by atoms with Gasteiger partial charge >= 0.3 is 14.0 Å². The molecule has 0 amide bonds. The minimum absolute atomic E-state index is 0.153. The molecular weight excluding hydrogens is 205 g/mol. The summed E-state index contributed by atoms with van der Waals surface area (Å²) in [6.45, 7) is 7.46. The molecule has 0 N–H and O–H groups in total. The molecule has 0 radical (unpaired) electrons. The van der Waals surface area contributed by atoms with E-state index in [1.54, 1.807) is 0 Å². The fraction of sp³-hybridized carbons (Fsp3) is 1.00. The van der Waals surface area contributed by atoms with Crippen LogP contribution < -0.4 is 0 Å². The molecule has 88 valence electrons. The molecule has 0 aromatic carbocycles. The lowest BCUT2D eigenvalue weighted by Crippen LogP contribution is -2.46. The van der Waals surface area contributed by atoms with Gasteiger partial charge in [-0.3, -0.25) is 0 Å². The molecule has 0 aliphatic carbocycles. The van der Waals surface area contributed by atoms with Gasteiger partial charge in [0.05, 0.1) is 0 Å². The van der Waals surface area contributed by atoms with E-state index in [0.29, 0.717) is 7.06 Å². The maximum Gasteiger partial charge on any atom is 0.400 e. The van der Waals surface area contributed by atoms with Gasteiger partial charge < -0.3 is 18.6 Å². The van der Waals surface area contributed by atoms with Crippen LogP contribution in [-0.4, -0.2) is 47.5 Å². The van der Waals surface area contributed by atoms with E-state index in [9.17, 15) is 0 Å². The van der Waals surface area contributed by atoms with Crippen molar-refractivity contribution in [3.8, 4) is 0 Å². The predicted molar refractivity (Wildman–Crippen MR) is 65.5 cm³/mol. The van der Waals surface area contributed by atoms with E-state index in [2.05, 4.69) is 13.8 Å². The van der Waals surface area contributed by atoms with Crippen LogP contribution in [0.4, 0.5) is 0 Å². The van der Waals surface area contributed by atoms with Gasteiger partial charge in [-0.1, -0.05) is 13.8 Å². The second-order valence-electron chi connectivity index (χ2n) is 5.29. The van der Waals surface area contributed by atoms with Crippen molar-refractivity contribution in [1.29, 1.82) is 0 Å². The van der Waals surface area contributed by atoms with Crippen molar-refractivity contribution in [2.75, 3.05) is 26.4 Å². The van der Waals surface area contributed by atoms with Crippen LogP contribution in [0.1, 0.15) is 26.7 Å². The van der Waals surface area contributed by atoms with Crippen molar-refractivity contribution in [1.82, 2.24) is 0 Å². The van der Waals surface area contributed by atoms with Crippen LogP contribution in [-0.2, 0) is 18.6 Å². The van der Waals surface area contributed by atoms with Crippen LogP contribution >= 0.6 is 0 Å². The summed E-state index contributed by atoms with van der Waals surface area (Å²) in [5.41, 5.74) is 0.211. The summed E-state index contributed by atoms with van der Waals surface area (Å²) in [5.74, 6) is 0. The Morgan fingerprint density at radius 2 is 1.56 bits per heavy atom. The number of hydrogen-bond acceptors (Lipinski definition) is 4. The first-order valence-corrected chi connectivity index (χ1v) is 6.12. The van der Waals surface area contributed by atoms with E-state index in [4.69, 9.17) is 18.6 Å². The fourth-order valence-electron chi connectivity index (χ4n) is 1.87. The minimum Gasteiger partial charge on any atom is -0.418 e. The average molecular weight is 224 g/mol. The molecule has 2 fully saturated rings. The van der Waals surface area contributed by atoms with Gasteiger partial charge in [-0.15, -0.1) is 0 Å². The molecule has 2 aliphatic rings. The zero-order valence-electron chi connectivity index (χ0n) is 10.2. The van der Waals surface area contributed by atoms with Gasteiger partial charge in [0.1, 0.15) is 0 Å². The molecule has 2 aliphatic heterocycles. The van der Waals surface area contributed by atoms with E-state index >= 15 is 0 Å². The summed E-state index contributed by atoms with van der Waals surface area (Å²) in [6.07, 6.45) is 2.02. The van der Waals surface area contributed by atoms with Crippen molar-refractivity contribution in [2.45, 2.75) is 26.7 Å². The molecule has 2 heterocycles. The third kappa shape index (κ3) is 3.80. The topological polar surface area (TPSA) is 36.9 Å². The third-order valence-corrected chi connectivity index (χ3v) is 3.02. The summed E-state index contributed by atoms with van der Waals surface area (Å²) in [7, 11) is 0.348. The molecule has 0 atom stereocenters. The second-order valence-corrected chi connectivity index (χ2v) is 5.29. The fourth-order valence-corrected chi connectivity index (χ4v) is 1.87. The Morgan fingerprint density at radius 1 is 0.938 bits per heavy atom. The maximum absolute atomic E-state index is 5.74. The van der Waals surface area contributed by atoms with E-state index in [1.165, 1.54) is 0 Å². The van der Waals surface area contributed by atoms with Crippen molar-refractivity contribution >= 4 is 21.1 Å². The molecule has 0 saturated carbocycles. The van der Waals surface area contributed by atoms with Gasteiger partial charge in [0.15, 0.2) is 0 Å². The zero-order chi connectivity index (χ0) is 11.4. The standard InChI is InChI=1S/C9H19B3O4/c1-9(2)4-7-15-12(16-8-9)10-11-13-5-3-6-14-11/h10H,3-8H2,1-2H3. The van der Waals surface area contributed by atoms with Gasteiger partial charge in [-0.25, -0.2) is 0 Å². The van der Waals surface area contributed by atoms with Crippen molar-refractivity contribution in [3.63, 3.8) is 0 Å². The van der Waals surface area contributed by atoms with Crippen LogP contribution in [0.3, 0.4) is 0 Å². The van der Waals surface area contributed by atoms with E-state index in [1.807, 2.05) is 0 Å². The van der Waals surface area contributed by atoms with Gasteiger partial charge in [0.25, 0.3) is 0 Å². The normalized spacial score (nSPS) is 26.4. The average Bonchev–Trinajstić information content (AvgIpc) is 2.42. The Labute approximate surface area is 98.8 Å². The lowest BCUT2D eigenvalue weighted by Gasteiger charge is -2.22. The summed E-state index contributed by atoms with van der Waals surface area (Å²) in [4.78, 5) is 0. The van der Waals surface area contributed by atoms with Gasteiger partial charge in [-0.05, 0) is 18.3 Å². The highest BCUT2D eigenvalue weighted by atomic mass is 16.6. The Hall–Kier alpha value is 0.0348. The highest BCUT2D eigenvalue weighted by Crippen LogP contribution is 2.23. The number of hydrogen-bond donors (Lipinski definition) is 0. The van der Waals surface area contributed by atoms with E-state index < -0.39 is 0 Å². The highest BCUT2D eigenvalue weighted by molar-refractivity contribution is 7.35. The molecule has 16 heavy (non-hydrogen) atoms. The van der Waals surface area contributed by atoms with Crippen molar-refractivity contribution < 1.29 is 18.6 Å². The van der Waals surface area contributed by atoms with Gasteiger partial charge in [-0.2, -0.15) is 0 Å². The first kappa shape index (κ1) is 12.5. The smallest absolute Gasteiger partial charge is 0.400 e. The zero-order valence-corrected chi connectivity index (χ0v) is 10.2. The monoisotopic (exact) mass is 224 g/mol. The summed E-state index contributed by atoms with van der Waals surface area (Å²) in [6, 6.07) is 0.